The van der Waals surface area contributed by atoms with Crippen LogP contribution >= 0.6 is 0 Å². The van der Waals surface area contributed by atoms with E-state index in [0.29, 0.717) is 18.3 Å². The molecule has 0 atom stereocenters. The number of esters is 1. The Kier molecular flexibility index (Phi) is 2.93. The van der Waals surface area contributed by atoms with Gasteiger partial charge in [-0.3, -0.25) is 9.48 Å². The van der Waals surface area contributed by atoms with Gasteiger partial charge in [0.15, 0.2) is 5.82 Å². The molecule has 1 aromatic rings. The standard InChI is InChI=1S/C12H19N3O2/c1-5-17-11(16)12(2,3)10-13-9(8-6-7-8)14-15(10)4/h8H,5-7H2,1-4H3. The Morgan fingerprint density at radius 1 is 1.53 bits per heavy atom. The molecule has 2 rings (SSSR count). The van der Waals surface area contributed by atoms with Gasteiger partial charge in [0.1, 0.15) is 11.2 Å². The van der Waals surface area contributed by atoms with Gasteiger partial charge in [0.2, 0.25) is 0 Å². The quantitative estimate of drug-likeness (QED) is 0.745. The molecule has 1 fully saturated rings. The van der Waals surface area contributed by atoms with Crippen molar-refractivity contribution in [2.45, 2.75) is 44.9 Å². The van der Waals surface area contributed by atoms with Crippen molar-refractivity contribution in [3.05, 3.63) is 11.6 Å². The zero-order chi connectivity index (χ0) is 12.6. The minimum Gasteiger partial charge on any atom is -0.465 e. The molecule has 0 spiro atoms. The van der Waals surface area contributed by atoms with Crippen LogP contribution in [0.25, 0.3) is 0 Å². The van der Waals surface area contributed by atoms with Crippen molar-refractivity contribution in [3.8, 4) is 0 Å². The second-order valence-corrected chi connectivity index (χ2v) is 5.04. The van der Waals surface area contributed by atoms with Gasteiger partial charge >= 0.3 is 5.97 Å². The second kappa shape index (κ2) is 4.13. The highest BCUT2D eigenvalue weighted by molar-refractivity contribution is 5.81. The first-order valence-electron chi connectivity index (χ1n) is 6.05. The van der Waals surface area contributed by atoms with Gasteiger partial charge in [-0.05, 0) is 33.6 Å². The van der Waals surface area contributed by atoms with E-state index in [4.69, 9.17) is 4.74 Å². The number of nitrogens with zero attached hydrogens (tertiary/aromatic N) is 3. The van der Waals surface area contributed by atoms with Crippen molar-refractivity contribution in [1.29, 1.82) is 0 Å². The summed E-state index contributed by atoms with van der Waals surface area (Å²) in [5, 5.41) is 4.38. The van der Waals surface area contributed by atoms with Crippen LogP contribution in [0.2, 0.25) is 0 Å². The molecule has 0 aromatic carbocycles. The summed E-state index contributed by atoms with van der Waals surface area (Å²) in [7, 11) is 1.83. The molecule has 1 aliphatic rings. The summed E-state index contributed by atoms with van der Waals surface area (Å²) >= 11 is 0. The maximum Gasteiger partial charge on any atom is 0.319 e. The molecule has 94 valence electrons. The summed E-state index contributed by atoms with van der Waals surface area (Å²) in [6.45, 7) is 5.84. The maximum atomic E-state index is 11.9. The van der Waals surface area contributed by atoms with Crippen LogP contribution in [-0.4, -0.2) is 27.3 Å². The second-order valence-electron chi connectivity index (χ2n) is 5.04. The van der Waals surface area contributed by atoms with Crippen LogP contribution in [0, 0.1) is 0 Å². The van der Waals surface area contributed by atoms with Gasteiger partial charge < -0.3 is 4.74 Å². The predicted octanol–water partition coefficient (Wildman–Crippen LogP) is 1.53. The van der Waals surface area contributed by atoms with Crippen LogP contribution in [0.1, 0.15) is 51.2 Å². The smallest absolute Gasteiger partial charge is 0.319 e. The lowest BCUT2D eigenvalue weighted by Gasteiger charge is -2.20. The maximum absolute atomic E-state index is 11.9. The van der Waals surface area contributed by atoms with E-state index in [1.807, 2.05) is 20.9 Å². The van der Waals surface area contributed by atoms with Gasteiger partial charge in [0.25, 0.3) is 0 Å². The number of hydrogen-bond donors (Lipinski definition) is 0. The largest absolute Gasteiger partial charge is 0.465 e. The zero-order valence-corrected chi connectivity index (χ0v) is 10.9. The number of hydrogen-bond acceptors (Lipinski definition) is 4. The molecule has 0 amide bonds. The molecule has 1 saturated carbocycles. The molecule has 0 unspecified atom stereocenters. The molecule has 5 nitrogen and oxygen atoms in total. The average Bonchev–Trinajstić information content (AvgIpc) is 3.02. The van der Waals surface area contributed by atoms with E-state index in [1.165, 1.54) is 0 Å². The van der Waals surface area contributed by atoms with Gasteiger partial charge in [-0.1, -0.05) is 0 Å². The van der Waals surface area contributed by atoms with E-state index in [9.17, 15) is 4.79 Å². The molecule has 0 saturated heterocycles. The number of rotatable bonds is 4. The van der Waals surface area contributed by atoms with Crippen LogP contribution in [0.15, 0.2) is 0 Å². The average molecular weight is 237 g/mol. The minimum absolute atomic E-state index is 0.252. The Bertz CT molecular complexity index is 433. The monoisotopic (exact) mass is 237 g/mol. The summed E-state index contributed by atoms with van der Waals surface area (Å²) in [5.74, 6) is 1.78. The Hall–Kier alpha value is -1.39. The highest BCUT2D eigenvalue weighted by atomic mass is 16.5. The minimum atomic E-state index is -0.745. The fourth-order valence-corrected chi connectivity index (χ4v) is 1.87. The molecule has 1 aromatic heterocycles. The molecule has 1 aliphatic carbocycles. The van der Waals surface area contributed by atoms with Gasteiger partial charge in [0.05, 0.1) is 6.61 Å². The molecule has 0 radical (unpaired) electrons. The molecule has 1 heterocycles. The van der Waals surface area contributed by atoms with Crippen molar-refractivity contribution in [2.75, 3.05) is 6.61 Å². The van der Waals surface area contributed by atoms with E-state index in [0.717, 1.165) is 18.7 Å². The van der Waals surface area contributed by atoms with Crippen molar-refractivity contribution < 1.29 is 9.53 Å². The Balaban J connectivity index is 2.28. The van der Waals surface area contributed by atoms with Gasteiger partial charge in [-0.25, -0.2) is 4.98 Å². The number of ether oxygens (including phenoxy) is 1. The first kappa shape index (κ1) is 12.1. The molecule has 0 bridgehead atoms. The fraction of sp³-hybridized carbons (Fsp3) is 0.750. The van der Waals surface area contributed by atoms with Crippen LogP contribution in [0.4, 0.5) is 0 Å². The van der Waals surface area contributed by atoms with Crippen LogP contribution in [0.5, 0.6) is 0 Å². The summed E-state index contributed by atoms with van der Waals surface area (Å²) in [6, 6.07) is 0. The van der Waals surface area contributed by atoms with Crippen LogP contribution in [0.3, 0.4) is 0 Å². The van der Waals surface area contributed by atoms with E-state index >= 15 is 0 Å². The van der Waals surface area contributed by atoms with Gasteiger partial charge in [-0.2, -0.15) is 5.10 Å². The molecule has 0 N–H and O–H groups in total. The van der Waals surface area contributed by atoms with Crippen molar-refractivity contribution in [2.24, 2.45) is 7.05 Å². The lowest BCUT2D eigenvalue weighted by atomic mass is 9.92. The van der Waals surface area contributed by atoms with E-state index in [-0.39, 0.29) is 5.97 Å². The molecular weight excluding hydrogens is 218 g/mol. The third kappa shape index (κ3) is 2.18. The summed E-state index contributed by atoms with van der Waals surface area (Å²) in [5.41, 5.74) is -0.745. The molecule has 0 aliphatic heterocycles. The highest BCUT2D eigenvalue weighted by Gasteiger charge is 2.38. The van der Waals surface area contributed by atoms with E-state index in [1.54, 1.807) is 11.6 Å². The summed E-state index contributed by atoms with van der Waals surface area (Å²) in [4.78, 5) is 16.4. The third-order valence-corrected chi connectivity index (χ3v) is 3.07. The first-order valence-corrected chi connectivity index (χ1v) is 6.05. The van der Waals surface area contributed by atoms with Crippen LogP contribution < -0.4 is 0 Å². The summed E-state index contributed by atoms with van der Waals surface area (Å²) in [6.07, 6.45) is 2.31. The highest BCUT2D eigenvalue weighted by Crippen LogP contribution is 2.38. The number of aromatic nitrogens is 3. The van der Waals surface area contributed by atoms with E-state index in [2.05, 4.69) is 10.1 Å². The third-order valence-electron chi connectivity index (χ3n) is 3.07. The molecule has 17 heavy (non-hydrogen) atoms. The number of carbonyl (C=O) groups is 1. The van der Waals surface area contributed by atoms with Crippen molar-refractivity contribution >= 4 is 5.97 Å². The van der Waals surface area contributed by atoms with Gasteiger partial charge in [0, 0.05) is 13.0 Å². The zero-order valence-electron chi connectivity index (χ0n) is 10.9. The predicted molar refractivity (Wildman–Crippen MR) is 62.6 cm³/mol. The van der Waals surface area contributed by atoms with Crippen molar-refractivity contribution in [1.82, 2.24) is 14.8 Å². The molecular formula is C12H19N3O2. The SMILES string of the molecule is CCOC(=O)C(C)(C)c1nc(C2CC2)nn1C. The lowest BCUT2D eigenvalue weighted by molar-refractivity contribution is -0.149. The lowest BCUT2D eigenvalue weighted by Crippen LogP contribution is -2.34. The summed E-state index contributed by atoms with van der Waals surface area (Å²) < 4.78 is 6.78. The van der Waals surface area contributed by atoms with Crippen molar-refractivity contribution in [3.63, 3.8) is 0 Å². The number of carbonyl (C=O) groups excluding carboxylic acids is 1. The Morgan fingerprint density at radius 3 is 2.71 bits per heavy atom. The number of aryl methyl sites for hydroxylation is 1. The van der Waals surface area contributed by atoms with E-state index < -0.39 is 5.41 Å². The van der Waals surface area contributed by atoms with Crippen LogP contribution in [-0.2, 0) is 22.0 Å². The Labute approximate surface area is 101 Å². The topological polar surface area (TPSA) is 57.0 Å². The fourth-order valence-electron chi connectivity index (χ4n) is 1.87. The first-order chi connectivity index (χ1) is 7.96. The normalized spacial score (nSPS) is 16.0. The molecule has 5 heteroatoms. The van der Waals surface area contributed by atoms with Gasteiger partial charge in [-0.15, -0.1) is 0 Å². The Morgan fingerprint density at radius 2 is 2.18 bits per heavy atom.